The van der Waals surface area contributed by atoms with E-state index in [0.717, 1.165) is 33.3 Å². The van der Waals surface area contributed by atoms with Crippen molar-refractivity contribution < 1.29 is 14.2 Å². The predicted octanol–water partition coefficient (Wildman–Crippen LogP) is 5.21. The Hall–Kier alpha value is -3.73. The molecule has 5 heteroatoms. The van der Waals surface area contributed by atoms with Crippen LogP contribution in [0, 0.1) is 0 Å². The van der Waals surface area contributed by atoms with Crippen molar-refractivity contribution in [3.63, 3.8) is 0 Å². The number of aromatic nitrogens is 1. The number of ether oxygens (including phenoxy) is 3. The largest absolute Gasteiger partial charge is 0.497 e. The van der Waals surface area contributed by atoms with Gasteiger partial charge in [0.05, 0.1) is 39.0 Å². The highest BCUT2D eigenvalue weighted by Gasteiger charge is 2.33. The lowest BCUT2D eigenvalue weighted by Crippen LogP contribution is -2.23. The Morgan fingerprint density at radius 2 is 1.56 bits per heavy atom. The summed E-state index contributed by atoms with van der Waals surface area (Å²) in [5, 5.41) is 1.62. The van der Waals surface area contributed by atoms with Crippen molar-refractivity contribution in [1.82, 2.24) is 4.57 Å². The zero-order valence-corrected chi connectivity index (χ0v) is 18.6. The maximum absolute atomic E-state index is 13.8. The van der Waals surface area contributed by atoms with E-state index in [4.69, 9.17) is 14.2 Å². The lowest BCUT2D eigenvalue weighted by Gasteiger charge is -2.17. The van der Waals surface area contributed by atoms with E-state index in [9.17, 15) is 4.79 Å². The molecular weight excluding hydrogens is 402 g/mol. The van der Waals surface area contributed by atoms with E-state index >= 15 is 0 Å². The van der Waals surface area contributed by atoms with Gasteiger partial charge in [-0.25, -0.2) is 0 Å². The highest BCUT2D eigenvalue weighted by atomic mass is 16.5. The van der Waals surface area contributed by atoms with Crippen LogP contribution in [0.25, 0.3) is 22.0 Å². The molecule has 3 aromatic carbocycles. The zero-order valence-electron chi connectivity index (χ0n) is 18.6. The van der Waals surface area contributed by atoms with Crippen LogP contribution in [0.3, 0.4) is 0 Å². The van der Waals surface area contributed by atoms with Gasteiger partial charge in [-0.2, -0.15) is 0 Å². The standard InChI is InChI=1S/C27H25NO4/c1-16-20-13-23(31-3)24(32-4)14-21(20)26-25(16)19-11-10-18(30-2)12-22(19)27(29)28(26)15-17-8-6-5-7-9-17/h5-14,16H,15H2,1-4H3/t16-/m1/s1. The Morgan fingerprint density at radius 3 is 2.25 bits per heavy atom. The fourth-order valence-electron chi connectivity index (χ4n) is 4.84. The van der Waals surface area contributed by atoms with Gasteiger partial charge >= 0.3 is 0 Å². The molecule has 1 aromatic heterocycles. The monoisotopic (exact) mass is 427 g/mol. The Balaban J connectivity index is 1.87. The quantitative estimate of drug-likeness (QED) is 0.439. The third kappa shape index (κ3) is 2.96. The number of nitrogens with zero attached hydrogens (tertiary/aromatic N) is 1. The van der Waals surface area contributed by atoms with Gasteiger partial charge in [0.25, 0.3) is 5.56 Å². The van der Waals surface area contributed by atoms with Crippen LogP contribution in [0.2, 0.25) is 0 Å². The summed E-state index contributed by atoms with van der Waals surface area (Å²) >= 11 is 0. The van der Waals surface area contributed by atoms with E-state index < -0.39 is 0 Å². The average Bonchev–Trinajstić information content (AvgIpc) is 3.12. The first kappa shape index (κ1) is 20.2. The number of hydrogen-bond acceptors (Lipinski definition) is 4. The van der Waals surface area contributed by atoms with Crippen LogP contribution in [-0.4, -0.2) is 25.9 Å². The normalized spacial score (nSPS) is 14.2. The predicted molar refractivity (Wildman–Crippen MR) is 126 cm³/mol. The molecule has 0 N–H and O–H groups in total. The Morgan fingerprint density at radius 1 is 0.844 bits per heavy atom. The molecule has 0 fully saturated rings. The molecule has 0 saturated heterocycles. The third-order valence-corrected chi connectivity index (χ3v) is 6.41. The molecule has 1 aliphatic carbocycles. The molecule has 5 rings (SSSR count). The van der Waals surface area contributed by atoms with Crippen LogP contribution in [0.1, 0.15) is 29.5 Å². The van der Waals surface area contributed by atoms with Gasteiger partial charge in [0.2, 0.25) is 0 Å². The molecule has 0 spiro atoms. The molecule has 4 aromatic rings. The van der Waals surface area contributed by atoms with E-state index in [1.165, 1.54) is 0 Å². The molecule has 0 amide bonds. The van der Waals surface area contributed by atoms with Crippen molar-refractivity contribution >= 4 is 10.8 Å². The number of methoxy groups -OCH3 is 3. The minimum atomic E-state index is -0.0312. The first-order chi connectivity index (χ1) is 15.6. The van der Waals surface area contributed by atoms with E-state index in [-0.39, 0.29) is 11.5 Å². The van der Waals surface area contributed by atoms with Gasteiger partial charge in [0.1, 0.15) is 5.75 Å². The van der Waals surface area contributed by atoms with Crippen LogP contribution in [0.5, 0.6) is 17.2 Å². The van der Waals surface area contributed by atoms with Crippen molar-refractivity contribution in [2.75, 3.05) is 21.3 Å². The number of hydrogen-bond donors (Lipinski definition) is 0. The molecule has 1 heterocycles. The molecular formula is C27H25NO4. The average molecular weight is 428 g/mol. The second-order valence-electron chi connectivity index (χ2n) is 8.07. The molecule has 5 nitrogen and oxygen atoms in total. The van der Waals surface area contributed by atoms with Crippen LogP contribution in [0.15, 0.2) is 65.5 Å². The summed E-state index contributed by atoms with van der Waals surface area (Å²) in [5.74, 6) is 2.11. The van der Waals surface area contributed by atoms with Crippen molar-refractivity contribution in [2.45, 2.75) is 19.4 Å². The Kier molecular flexibility index (Phi) is 4.89. The van der Waals surface area contributed by atoms with Gasteiger partial charge in [-0.3, -0.25) is 4.79 Å². The maximum atomic E-state index is 13.8. The molecule has 1 atom stereocenters. The number of pyridine rings is 1. The highest BCUT2D eigenvalue weighted by molar-refractivity contribution is 5.95. The highest BCUT2D eigenvalue weighted by Crippen LogP contribution is 2.50. The van der Waals surface area contributed by atoms with Crippen LogP contribution in [0.4, 0.5) is 0 Å². The van der Waals surface area contributed by atoms with Crippen molar-refractivity contribution in [1.29, 1.82) is 0 Å². The third-order valence-electron chi connectivity index (χ3n) is 6.41. The first-order valence-corrected chi connectivity index (χ1v) is 10.6. The van der Waals surface area contributed by atoms with Crippen molar-refractivity contribution in [3.8, 4) is 28.5 Å². The molecule has 0 aliphatic heterocycles. The molecule has 0 bridgehead atoms. The molecule has 32 heavy (non-hydrogen) atoms. The summed E-state index contributed by atoms with van der Waals surface area (Å²) in [4.78, 5) is 13.8. The van der Waals surface area contributed by atoms with E-state index in [2.05, 4.69) is 6.92 Å². The molecule has 1 aliphatic rings. The number of benzene rings is 3. The Bertz CT molecular complexity index is 1390. The number of rotatable bonds is 5. The fraction of sp³-hybridized carbons (Fsp3) is 0.222. The minimum Gasteiger partial charge on any atom is -0.497 e. The van der Waals surface area contributed by atoms with E-state index in [1.54, 1.807) is 21.3 Å². The Labute approximate surface area is 186 Å². The molecule has 0 unspecified atom stereocenters. The zero-order chi connectivity index (χ0) is 22.4. The summed E-state index contributed by atoms with van der Waals surface area (Å²) in [7, 11) is 4.89. The van der Waals surface area contributed by atoms with Gasteiger partial charge < -0.3 is 18.8 Å². The number of fused-ring (bicyclic) bond motifs is 5. The molecule has 0 radical (unpaired) electrons. The smallest absolute Gasteiger partial charge is 0.259 e. The first-order valence-electron chi connectivity index (χ1n) is 10.6. The molecule has 162 valence electrons. The van der Waals surface area contributed by atoms with Crippen molar-refractivity contribution in [3.05, 3.63) is 87.7 Å². The summed E-state index contributed by atoms with van der Waals surface area (Å²) in [6.07, 6.45) is 0. The van der Waals surface area contributed by atoms with E-state index in [1.807, 2.05) is 65.2 Å². The van der Waals surface area contributed by atoms with Gasteiger partial charge in [-0.15, -0.1) is 0 Å². The summed E-state index contributed by atoms with van der Waals surface area (Å²) in [6.45, 7) is 2.66. The minimum absolute atomic E-state index is 0.0312. The van der Waals surface area contributed by atoms with Crippen molar-refractivity contribution in [2.24, 2.45) is 0 Å². The lowest BCUT2D eigenvalue weighted by atomic mass is 9.95. The fourth-order valence-corrected chi connectivity index (χ4v) is 4.84. The second kappa shape index (κ2) is 7.75. The SMILES string of the molecule is COc1ccc2c3c(n(Cc4ccccc4)c(=O)c2c1)-c1cc(OC)c(OC)cc1[C@H]3C. The van der Waals surface area contributed by atoms with Gasteiger partial charge in [-0.05, 0) is 46.3 Å². The molecule has 0 saturated carbocycles. The lowest BCUT2D eigenvalue weighted by molar-refractivity contribution is 0.354. The summed E-state index contributed by atoms with van der Waals surface area (Å²) in [5.41, 5.74) is 5.26. The summed E-state index contributed by atoms with van der Waals surface area (Å²) in [6, 6.07) is 19.8. The van der Waals surface area contributed by atoms with Gasteiger partial charge in [-0.1, -0.05) is 43.3 Å². The summed E-state index contributed by atoms with van der Waals surface area (Å²) < 4.78 is 18.5. The van der Waals surface area contributed by atoms with Crippen LogP contribution < -0.4 is 19.8 Å². The topological polar surface area (TPSA) is 49.7 Å². The second-order valence-corrected chi connectivity index (χ2v) is 8.07. The van der Waals surface area contributed by atoms with Gasteiger partial charge in [0.15, 0.2) is 11.5 Å². The van der Waals surface area contributed by atoms with Crippen LogP contribution in [-0.2, 0) is 6.54 Å². The van der Waals surface area contributed by atoms with Gasteiger partial charge in [0, 0.05) is 11.5 Å². The maximum Gasteiger partial charge on any atom is 0.259 e. The van der Waals surface area contributed by atoms with Crippen LogP contribution >= 0.6 is 0 Å². The van der Waals surface area contributed by atoms with E-state index in [0.29, 0.717) is 29.2 Å².